The van der Waals surface area contributed by atoms with Gasteiger partial charge in [0.05, 0.1) is 7.11 Å². The fourth-order valence-corrected chi connectivity index (χ4v) is 2.70. The Bertz CT molecular complexity index is 517. The molecule has 0 aromatic heterocycles. The highest BCUT2D eigenvalue weighted by Crippen LogP contribution is 2.25. The van der Waals surface area contributed by atoms with Crippen LogP contribution in [0.5, 0.6) is 5.75 Å². The van der Waals surface area contributed by atoms with Gasteiger partial charge < -0.3 is 10.5 Å². The van der Waals surface area contributed by atoms with Crippen LogP contribution < -0.4 is 10.5 Å². The molecule has 1 rings (SSSR count). The van der Waals surface area contributed by atoms with Crippen LogP contribution in [0, 0.1) is 0 Å². The van der Waals surface area contributed by atoms with Crippen molar-refractivity contribution >= 4 is 22.2 Å². The maximum absolute atomic E-state index is 13.2. The highest BCUT2D eigenvalue weighted by atomic mass is 35.5. The van der Waals surface area contributed by atoms with Crippen molar-refractivity contribution in [1.29, 1.82) is 0 Å². The Morgan fingerprint density at radius 2 is 2.06 bits per heavy atom. The van der Waals surface area contributed by atoms with Crippen LogP contribution in [0.3, 0.4) is 0 Å². The molecule has 0 unspecified atom stereocenters. The van der Waals surface area contributed by atoms with Gasteiger partial charge in [0.2, 0.25) is 0 Å². The maximum Gasteiger partial charge on any atom is 0.188 e. The summed E-state index contributed by atoms with van der Waals surface area (Å²) in [4.78, 5) is -0.0249. The van der Waals surface area contributed by atoms with Crippen molar-refractivity contribution in [2.75, 3.05) is 19.4 Å². The van der Waals surface area contributed by atoms with E-state index in [4.69, 9.17) is 10.5 Å². The van der Waals surface area contributed by atoms with Gasteiger partial charge in [-0.15, -0.1) is 12.4 Å². The fourth-order valence-electron chi connectivity index (χ4n) is 1.32. The quantitative estimate of drug-likeness (QED) is 0.898. The van der Waals surface area contributed by atoms with Crippen molar-refractivity contribution < 1.29 is 17.5 Å². The first-order valence-electron chi connectivity index (χ1n) is 4.91. The van der Waals surface area contributed by atoms with E-state index in [0.29, 0.717) is 0 Å². The molecule has 0 heterocycles. The number of methoxy groups -OCH3 is 1. The topological polar surface area (TPSA) is 69.4 Å². The minimum Gasteiger partial charge on any atom is -0.495 e. The molecule has 0 aliphatic carbocycles. The average molecular weight is 296 g/mol. The first-order chi connectivity index (χ1) is 8.01. The lowest BCUT2D eigenvalue weighted by Crippen LogP contribution is -2.10. The molecule has 0 bridgehead atoms. The second-order valence-electron chi connectivity index (χ2n) is 3.30. The number of hydrogen-bond acceptors (Lipinski definition) is 4. The molecule has 0 fully saturated rings. The molecule has 0 saturated carbocycles. The minimum atomic E-state index is -3.75. The number of ether oxygens (including phenoxy) is 1. The third kappa shape index (κ3) is 4.29. The Morgan fingerprint density at radius 1 is 1.44 bits per heavy atom. The van der Waals surface area contributed by atoms with Crippen LogP contribution in [-0.4, -0.2) is 27.8 Å². The van der Waals surface area contributed by atoms with Crippen molar-refractivity contribution in [1.82, 2.24) is 0 Å². The molecule has 0 saturated heterocycles. The second kappa shape index (κ2) is 7.35. The summed E-state index contributed by atoms with van der Waals surface area (Å²) in [6, 6.07) is 6.09. The molecule has 1 aromatic rings. The predicted molar refractivity (Wildman–Crippen MR) is 70.5 cm³/mol. The van der Waals surface area contributed by atoms with Gasteiger partial charge in [0.1, 0.15) is 22.2 Å². The molecule has 2 N–H and O–H groups in total. The summed E-state index contributed by atoms with van der Waals surface area (Å²) >= 11 is 0. The number of halogens is 2. The average Bonchev–Trinajstić information content (AvgIpc) is 2.28. The van der Waals surface area contributed by atoms with Crippen molar-refractivity contribution in [3.05, 3.63) is 36.2 Å². The maximum atomic E-state index is 13.2. The van der Waals surface area contributed by atoms with Crippen molar-refractivity contribution in [2.45, 2.75) is 4.90 Å². The molecule has 18 heavy (non-hydrogen) atoms. The number of benzene rings is 1. The summed E-state index contributed by atoms with van der Waals surface area (Å²) < 4.78 is 41.9. The highest BCUT2D eigenvalue weighted by molar-refractivity contribution is 7.91. The molecule has 0 amide bonds. The van der Waals surface area contributed by atoms with E-state index in [9.17, 15) is 12.8 Å². The van der Waals surface area contributed by atoms with Crippen LogP contribution in [-0.2, 0) is 9.84 Å². The summed E-state index contributed by atoms with van der Waals surface area (Å²) in [5.74, 6) is -1.27. The molecule has 4 nitrogen and oxygen atoms in total. The van der Waals surface area contributed by atoms with Crippen molar-refractivity contribution in [3.63, 3.8) is 0 Å². The van der Waals surface area contributed by atoms with Crippen LogP contribution in [0.2, 0.25) is 0 Å². The highest BCUT2D eigenvalue weighted by Gasteiger charge is 2.20. The summed E-state index contributed by atoms with van der Waals surface area (Å²) in [5.41, 5.74) is 5.11. The van der Waals surface area contributed by atoms with E-state index in [1.807, 2.05) is 0 Å². The van der Waals surface area contributed by atoms with Gasteiger partial charge in [0, 0.05) is 6.54 Å². The smallest absolute Gasteiger partial charge is 0.188 e. The Kier molecular flexibility index (Phi) is 6.90. The summed E-state index contributed by atoms with van der Waals surface area (Å²) in [5, 5.41) is 0. The lowest BCUT2D eigenvalue weighted by molar-refractivity contribution is 0.402. The monoisotopic (exact) mass is 295 g/mol. The Morgan fingerprint density at radius 3 is 2.61 bits per heavy atom. The molecule has 7 heteroatoms. The predicted octanol–water partition coefficient (Wildman–Crippen LogP) is 1.70. The zero-order valence-corrected chi connectivity index (χ0v) is 11.4. The summed E-state index contributed by atoms with van der Waals surface area (Å²) in [6.45, 7) is -0.0344. The van der Waals surface area contributed by atoms with Crippen molar-refractivity contribution in [2.24, 2.45) is 5.73 Å². The van der Waals surface area contributed by atoms with E-state index in [1.54, 1.807) is 12.1 Å². The van der Waals surface area contributed by atoms with Gasteiger partial charge in [0.15, 0.2) is 9.84 Å². The van der Waals surface area contributed by atoms with E-state index >= 15 is 0 Å². The summed E-state index contributed by atoms with van der Waals surface area (Å²) in [7, 11) is -2.39. The molecule has 0 atom stereocenters. The van der Waals surface area contributed by atoms with Gasteiger partial charge in [-0.25, -0.2) is 12.8 Å². The van der Waals surface area contributed by atoms with Gasteiger partial charge >= 0.3 is 0 Å². The number of sulfone groups is 1. The van der Waals surface area contributed by atoms with Crippen LogP contribution in [0.1, 0.15) is 0 Å². The zero-order valence-electron chi connectivity index (χ0n) is 9.80. The first-order valence-corrected chi connectivity index (χ1v) is 6.57. The first kappa shape index (κ1) is 16.9. The molecule has 0 spiro atoms. The van der Waals surface area contributed by atoms with Gasteiger partial charge in [-0.1, -0.05) is 12.1 Å². The molecular formula is C11H15ClFNO3S. The second-order valence-corrected chi connectivity index (χ2v) is 5.25. The fraction of sp³-hybridized carbons (Fsp3) is 0.273. The van der Waals surface area contributed by atoms with Gasteiger partial charge in [-0.2, -0.15) is 0 Å². The Balaban J connectivity index is 0.00000289. The molecule has 102 valence electrons. The molecular weight excluding hydrogens is 281 g/mol. The number of hydrogen-bond donors (Lipinski definition) is 1. The van der Waals surface area contributed by atoms with Crippen molar-refractivity contribution in [3.8, 4) is 5.75 Å². The number of rotatable bonds is 5. The normalized spacial score (nSPS) is 11.8. The zero-order chi connectivity index (χ0) is 12.9. The number of nitrogens with two attached hydrogens (primary N) is 1. The van der Waals surface area contributed by atoms with Crippen LogP contribution >= 0.6 is 12.4 Å². The minimum absolute atomic E-state index is 0. The van der Waals surface area contributed by atoms with E-state index in [0.717, 1.165) is 6.08 Å². The van der Waals surface area contributed by atoms with E-state index in [2.05, 4.69) is 0 Å². The number of para-hydroxylation sites is 1. The molecule has 0 aliphatic rings. The third-order valence-electron chi connectivity index (χ3n) is 2.07. The lowest BCUT2D eigenvalue weighted by Gasteiger charge is -2.08. The largest absolute Gasteiger partial charge is 0.495 e. The molecule has 0 aliphatic heterocycles. The Hall–Kier alpha value is -1.11. The van der Waals surface area contributed by atoms with Crippen LogP contribution in [0.4, 0.5) is 4.39 Å². The van der Waals surface area contributed by atoms with Gasteiger partial charge in [-0.3, -0.25) is 0 Å². The molecule has 0 radical (unpaired) electrons. The van der Waals surface area contributed by atoms with Gasteiger partial charge in [-0.05, 0) is 18.2 Å². The SMILES string of the molecule is COc1ccccc1S(=O)(=O)C/C(F)=C/CN.Cl. The van der Waals surface area contributed by atoms with E-state index in [-0.39, 0.29) is 29.6 Å². The lowest BCUT2D eigenvalue weighted by atomic mass is 10.3. The Labute approximate surface area is 112 Å². The van der Waals surface area contributed by atoms with Crippen LogP contribution in [0.15, 0.2) is 41.1 Å². The summed E-state index contributed by atoms with van der Waals surface area (Å²) in [6.07, 6.45) is 1.03. The third-order valence-corrected chi connectivity index (χ3v) is 3.73. The van der Waals surface area contributed by atoms with E-state index in [1.165, 1.54) is 19.2 Å². The standard InChI is InChI=1S/C11H14FNO3S.ClH/c1-16-10-4-2-3-5-11(10)17(14,15)8-9(12)6-7-13;/h2-6H,7-8,13H2,1H3;1H/b9-6-;. The van der Waals surface area contributed by atoms with E-state index < -0.39 is 21.4 Å². The van der Waals surface area contributed by atoms with Crippen LogP contribution in [0.25, 0.3) is 0 Å². The molecule has 1 aromatic carbocycles. The van der Waals surface area contributed by atoms with Gasteiger partial charge in [0.25, 0.3) is 0 Å².